The van der Waals surface area contributed by atoms with Gasteiger partial charge in [0.25, 0.3) is 0 Å². The normalized spacial score (nSPS) is 20.2. The predicted octanol–water partition coefficient (Wildman–Crippen LogP) is 23.3. The number of para-hydroxylation sites is 3. The Morgan fingerprint density at radius 2 is 1.24 bits per heavy atom. The van der Waals surface area contributed by atoms with Crippen LogP contribution in [0.3, 0.4) is 0 Å². The second-order valence-corrected chi connectivity index (χ2v) is 21.3. The summed E-state index contributed by atoms with van der Waals surface area (Å²) in [6.07, 6.45) is 58.5. The van der Waals surface area contributed by atoms with Crippen molar-refractivity contribution in [2.75, 3.05) is 16.1 Å². The number of nitrogens with zero attached hydrogens (tertiary/aromatic N) is 2. The highest BCUT2D eigenvalue weighted by molar-refractivity contribution is 7.79. The van der Waals surface area contributed by atoms with E-state index in [4.69, 9.17) is 0 Å². The van der Waals surface area contributed by atoms with Crippen LogP contribution < -0.4 is 9.80 Å². The molecule has 0 amide bonds. The van der Waals surface area contributed by atoms with Crippen LogP contribution in [0.25, 0.3) is 11.6 Å². The quantitative estimate of drug-likeness (QED) is 0.0732. The van der Waals surface area contributed by atoms with Crippen LogP contribution in [0.15, 0.2) is 315 Å². The highest BCUT2D eigenvalue weighted by atomic mass is 32.1. The molecule has 4 unspecified atom stereocenters. The zero-order valence-corrected chi connectivity index (χ0v) is 52.6. The SMILES string of the molecule is C.C=C/C=C1\C(=C)C=CC=CC1/C=C/C=C/C=C/C=C/c1ccc2c(c1)C1(/C(C)=C/C=C/N(/C=C/C=C\C=C/C)c3ccccc3)CC13CC(C)CC=CC3=C2c1ccc(N(c2ccccc2)c2ccccc2)cc1.CC.CC(C)C.CS.S. The largest absolute Gasteiger partial charge is 0.324 e. The van der Waals surface area contributed by atoms with E-state index in [1.54, 1.807) is 6.26 Å². The van der Waals surface area contributed by atoms with Crippen LogP contribution in [0.1, 0.15) is 104 Å². The molecule has 0 bridgehead atoms. The number of allylic oxidation sites excluding steroid dienone is 26. The van der Waals surface area contributed by atoms with Crippen LogP contribution in [0.2, 0.25) is 0 Å². The molecular formula is C80H94N2S2. The van der Waals surface area contributed by atoms with Crippen molar-refractivity contribution in [2.45, 2.75) is 87.5 Å². The zero-order valence-electron chi connectivity index (χ0n) is 50.7. The molecule has 84 heavy (non-hydrogen) atoms. The van der Waals surface area contributed by atoms with Gasteiger partial charge < -0.3 is 9.80 Å². The molecule has 0 aromatic heterocycles. The summed E-state index contributed by atoms with van der Waals surface area (Å²) in [4.78, 5) is 4.54. The first-order valence-electron chi connectivity index (χ1n) is 29.3. The topological polar surface area (TPSA) is 6.48 Å². The van der Waals surface area contributed by atoms with E-state index in [0.29, 0.717) is 5.92 Å². The highest BCUT2D eigenvalue weighted by Gasteiger charge is 2.72. The summed E-state index contributed by atoms with van der Waals surface area (Å²) in [6.45, 7) is 25.5. The molecule has 9 rings (SSSR count). The minimum absolute atomic E-state index is 0. The van der Waals surface area contributed by atoms with Gasteiger partial charge in [-0.2, -0.15) is 26.1 Å². The smallest absolute Gasteiger partial charge is 0.0462 e. The van der Waals surface area contributed by atoms with E-state index in [2.05, 4.69) is 319 Å². The standard InChI is InChI=1S/C72H68N2.C4H10.C2H6.CH4S.CH4.H2S/c1-6-8-9-14-28-51-73(62-38-20-15-21-39-62)52-30-34-58(5)72-55-71(72)54-56(3)32-29-44-68(71)70(61-46-48-65(49-47-61)74(63-40-22-16-23-41-63)64-42-24-17-25-43-64)67-50-45-59(53-69(67)72)35-18-12-10-11-13-19-36-60-37-27-26-33-57(4)66(60)31-7-2;1-4(2)3;2*1-2;;/h6-31,33-53,56,60H,2,4,32,54-55H2,1,3,5H3;4H,1-3H3;1-2H3;2H,1H3;1H4;1H2/b8-6-,12-10+,13-11+,14-9-,35-18+,36-19+,51-28+,52-30+,58-34+,66-31+;;;;;. The molecule has 2 nitrogen and oxygen atoms in total. The van der Waals surface area contributed by atoms with Gasteiger partial charge >= 0.3 is 0 Å². The van der Waals surface area contributed by atoms with Crippen LogP contribution in [-0.2, 0) is 5.41 Å². The van der Waals surface area contributed by atoms with Crippen LogP contribution in [0, 0.1) is 23.2 Å². The molecule has 0 aliphatic heterocycles. The zero-order chi connectivity index (χ0) is 58.7. The number of hydrogen-bond donors (Lipinski definition) is 1. The maximum atomic E-state index is 4.25. The highest BCUT2D eigenvalue weighted by Crippen LogP contribution is 2.78. The van der Waals surface area contributed by atoms with E-state index < -0.39 is 0 Å². The minimum Gasteiger partial charge on any atom is -0.324 e. The Morgan fingerprint density at radius 3 is 1.86 bits per heavy atom. The summed E-state index contributed by atoms with van der Waals surface area (Å²) in [5.74, 6) is 1.52. The second-order valence-electron chi connectivity index (χ2n) is 21.3. The van der Waals surface area contributed by atoms with Crippen molar-refractivity contribution in [3.63, 3.8) is 0 Å². The first kappa shape index (κ1) is 68.7. The van der Waals surface area contributed by atoms with Gasteiger partial charge in [0.05, 0.1) is 0 Å². The predicted molar refractivity (Wildman–Crippen MR) is 384 cm³/mol. The lowest BCUT2D eigenvalue weighted by molar-refractivity contribution is 0.395. The second kappa shape index (κ2) is 35.4. The number of fused-ring (bicyclic) bond motifs is 2. The molecule has 1 fully saturated rings. The molecule has 5 aromatic carbocycles. The Labute approximate surface area is 521 Å². The van der Waals surface area contributed by atoms with E-state index in [1.807, 2.05) is 57.2 Å². The third-order valence-corrected chi connectivity index (χ3v) is 14.8. The van der Waals surface area contributed by atoms with Crippen LogP contribution in [0.4, 0.5) is 22.7 Å². The van der Waals surface area contributed by atoms with Crippen molar-refractivity contribution in [1.29, 1.82) is 0 Å². The molecule has 0 heterocycles. The van der Waals surface area contributed by atoms with Crippen molar-refractivity contribution in [3.05, 3.63) is 337 Å². The molecule has 1 saturated carbocycles. The lowest BCUT2D eigenvalue weighted by atomic mass is 9.65. The molecule has 0 radical (unpaired) electrons. The van der Waals surface area contributed by atoms with E-state index in [1.165, 1.54) is 39.0 Å². The summed E-state index contributed by atoms with van der Waals surface area (Å²) < 4.78 is 0. The fraction of sp³-hybridized carbons (Fsp3) is 0.225. The maximum absolute atomic E-state index is 4.25. The maximum Gasteiger partial charge on any atom is 0.0462 e. The van der Waals surface area contributed by atoms with Crippen molar-refractivity contribution in [2.24, 2.45) is 23.2 Å². The van der Waals surface area contributed by atoms with Gasteiger partial charge in [-0.1, -0.05) is 280 Å². The van der Waals surface area contributed by atoms with Crippen molar-refractivity contribution in [1.82, 2.24) is 0 Å². The van der Waals surface area contributed by atoms with Crippen molar-refractivity contribution < 1.29 is 0 Å². The van der Waals surface area contributed by atoms with Crippen LogP contribution in [0.5, 0.6) is 0 Å². The van der Waals surface area contributed by atoms with Gasteiger partial charge in [0.2, 0.25) is 0 Å². The summed E-state index contributed by atoms with van der Waals surface area (Å²) in [5.41, 5.74) is 15.8. The van der Waals surface area contributed by atoms with Gasteiger partial charge in [-0.15, -0.1) is 0 Å². The van der Waals surface area contributed by atoms with Gasteiger partial charge in [-0.25, -0.2) is 0 Å². The monoisotopic (exact) mass is 1150 g/mol. The molecule has 4 aliphatic rings. The van der Waals surface area contributed by atoms with E-state index in [-0.39, 0.29) is 37.7 Å². The number of thiol groups is 1. The number of anilines is 4. The van der Waals surface area contributed by atoms with Gasteiger partial charge in [0, 0.05) is 51.9 Å². The average molecular weight is 1150 g/mol. The van der Waals surface area contributed by atoms with E-state index in [0.717, 1.165) is 59.1 Å². The molecule has 0 N–H and O–H groups in total. The minimum atomic E-state index is -0.168. The van der Waals surface area contributed by atoms with E-state index >= 15 is 0 Å². The van der Waals surface area contributed by atoms with Gasteiger partial charge in [0.1, 0.15) is 0 Å². The Bertz CT molecular complexity index is 3270. The number of hydrogen-bond acceptors (Lipinski definition) is 3. The molecule has 0 saturated heterocycles. The molecule has 4 heteroatoms. The molecule has 4 atom stereocenters. The Balaban J connectivity index is 0.00000144. The third kappa shape index (κ3) is 17.4. The van der Waals surface area contributed by atoms with E-state index in [9.17, 15) is 0 Å². The first-order chi connectivity index (χ1) is 40.1. The van der Waals surface area contributed by atoms with Crippen molar-refractivity contribution >= 4 is 60.5 Å². The Hall–Kier alpha value is -7.76. The number of benzene rings is 5. The first-order valence-corrected chi connectivity index (χ1v) is 30.2. The summed E-state index contributed by atoms with van der Waals surface area (Å²) in [5, 5.41) is 0. The molecular weight excluding hydrogens is 1050 g/mol. The van der Waals surface area contributed by atoms with Crippen molar-refractivity contribution in [3.8, 4) is 0 Å². The third-order valence-electron chi connectivity index (χ3n) is 14.8. The lowest BCUT2D eigenvalue weighted by Gasteiger charge is -2.37. The summed E-state index contributed by atoms with van der Waals surface area (Å²) >= 11 is 3.53. The Morgan fingerprint density at radius 1 is 0.679 bits per heavy atom. The fourth-order valence-electron chi connectivity index (χ4n) is 11.3. The average Bonchev–Trinajstić information content (AvgIpc) is 1.48. The molecule has 1 spiro atoms. The molecule has 4 aliphatic carbocycles. The van der Waals surface area contributed by atoms with Gasteiger partial charge in [-0.3, -0.25) is 0 Å². The van der Waals surface area contributed by atoms with Crippen LogP contribution in [-0.4, -0.2) is 6.26 Å². The molecule has 5 aromatic rings. The van der Waals surface area contributed by atoms with Gasteiger partial charge in [-0.05, 0) is 156 Å². The summed E-state index contributed by atoms with van der Waals surface area (Å²) in [6, 6.07) is 48.4. The lowest BCUT2D eigenvalue weighted by Crippen LogP contribution is -2.29. The van der Waals surface area contributed by atoms with Gasteiger partial charge in [0.15, 0.2) is 0 Å². The Kier molecular flexibility index (Phi) is 29.0. The molecule has 436 valence electrons. The number of rotatable bonds is 17. The van der Waals surface area contributed by atoms with Crippen LogP contribution >= 0.6 is 26.1 Å². The summed E-state index contributed by atoms with van der Waals surface area (Å²) in [7, 11) is 0. The fourth-order valence-corrected chi connectivity index (χ4v) is 11.3.